The Hall–Kier alpha value is -2.51. The van der Waals surface area contributed by atoms with Crippen LogP contribution < -0.4 is 5.32 Å². The van der Waals surface area contributed by atoms with E-state index in [1.807, 2.05) is 0 Å². The zero-order chi connectivity index (χ0) is 18.3. The van der Waals surface area contributed by atoms with Crippen molar-refractivity contribution in [3.05, 3.63) is 35.4 Å². The second-order valence-corrected chi connectivity index (χ2v) is 5.28. The fourth-order valence-corrected chi connectivity index (χ4v) is 2.11. The standard InChI is InChI=1S/C16H19F2NO5/c1-3-24-14(21)6-9(2)15(16(22)23)19-13(20)7-10-4-5-11(17)8-12(10)18/h4-5,8-9,15H,3,6-7H2,1-2H3,(H,19,20)(H,22,23)/t9-,15+/m1/s1. The van der Waals surface area contributed by atoms with Crippen molar-refractivity contribution in [1.29, 1.82) is 0 Å². The maximum Gasteiger partial charge on any atom is 0.326 e. The maximum absolute atomic E-state index is 13.5. The van der Waals surface area contributed by atoms with Crippen LogP contribution in [0.4, 0.5) is 8.78 Å². The van der Waals surface area contributed by atoms with Gasteiger partial charge in [0.2, 0.25) is 5.91 Å². The monoisotopic (exact) mass is 343 g/mol. The summed E-state index contributed by atoms with van der Waals surface area (Å²) in [4.78, 5) is 34.6. The number of esters is 1. The minimum absolute atomic E-state index is 0.0592. The van der Waals surface area contributed by atoms with Crippen LogP contribution in [0.3, 0.4) is 0 Å². The number of carboxylic acid groups (broad SMARTS) is 1. The first-order valence-electron chi connectivity index (χ1n) is 7.36. The number of amides is 1. The van der Waals surface area contributed by atoms with Crippen molar-refractivity contribution in [2.45, 2.75) is 32.7 Å². The lowest BCUT2D eigenvalue weighted by Gasteiger charge is -2.20. The highest BCUT2D eigenvalue weighted by atomic mass is 19.1. The third-order valence-electron chi connectivity index (χ3n) is 3.31. The van der Waals surface area contributed by atoms with Gasteiger partial charge in [-0.05, 0) is 24.5 Å². The molecule has 0 aliphatic carbocycles. The van der Waals surface area contributed by atoms with Gasteiger partial charge < -0.3 is 15.2 Å². The van der Waals surface area contributed by atoms with Crippen LogP contribution in [0.5, 0.6) is 0 Å². The van der Waals surface area contributed by atoms with E-state index < -0.39 is 47.9 Å². The molecule has 0 radical (unpaired) electrons. The van der Waals surface area contributed by atoms with Crippen LogP contribution in [-0.2, 0) is 25.5 Å². The summed E-state index contributed by atoms with van der Waals surface area (Å²) >= 11 is 0. The lowest BCUT2D eigenvalue weighted by atomic mass is 9.98. The summed E-state index contributed by atoms with van der Waals surface area (Å²) in [7, 11) is 0. The fraction of sp³-hybridized carbons (Fsp3) is 0.438. The number of carbonyl (C=O) groups excluding carboxylic acids is 2. The molecule has 0 aliphatic rings. The zero-order valence-corrected chi connectivity index (χ0v) is 13.3. The molecule has 8 heteroatoms. The Balaban J connectivity index is 2.72. The first-order valence-corrected chi connectivity index (χ1v) is 7.36. The number of benzene rings is 1. The highest BCUT2D eigenvalue weighted by molar-refractivity contribution is 5.85. The van der Waals surface area contributed by atoms with Gasteiger partial charge >= 0.3 is 11.9 Å². The van der Waals surface area contributed by atoms with Crippen LogP contribution in [0.15, 0.2) is 18.2 Å². The zero-order valence-electron chi connectivity index (χ0n) is 13.3. The topological polar surface area (TPSA) is 92.7 Å². The first kappa shape index (κ1) is 19.5. The summed E-state index contributed by atoms with van der Waals surface area (Å²) < 4.78 is 31.1. The summed E-state index contributed by atoms with van der Waals surface area (Å²) in [5.41, 5.74) is -0.0592. The van der Waals surface area contributed by atoms with Gasteiger partial charge in [-0.25, -0.2) is 13.6 Å². The highest BCUT2D eigenvalue weighted by Crippen LogP contribution is 2.13. The molecule has 1 rings (SSSR count). The molecular weight excluding hydrogens is 324 g/mol. The van der Waals surface area contributed by atoms with Crippen LogP contribution in [0.25, 0.3) is 0 Å². The molecule has 0 spiro atoms. The molecule has 0 aliphatic heterocycles. The van der Waals surface area contributed by atoms with Gasteiger partial charge in [-0.2, -0.15) is 0 Å². The summed E-state index contributed by atoms with van der Waals surface area (Å²) in [6, 6.07) is 1.43. The molecule has 2 N–H and O–H groups in total. The molecule has 0 bridgehead atoms. The van der Waals surface area contributed by atoms with Gasteiger partial charge in [0.25, 0.3) is 0 Å². The number of hydrogen-bond donors (Lipinski definition) is 2. The lowest BCUT2D eigenvalue weighted by molar-refractivity contribution is -0.147. The molecule has 132 valence electrons. The number of rotatable bonds is 8. The Bertz CT molecular complexity index is 620. The number of hydrogen-bond acceptors (Lipinski definition) is 4. The Morgan fingerprint density at radius 1 is 1.29 bits per heavy atom. The molecule has 0 saturated heterocycles. The molecule has 0 heterocycles. The molecule has 0 aromatic heterocycles. The number of carboxylic acids is 1. The highest BCUT2D eigenvalue weighted by Gasteiger charge is 2.28. The molecule has 0 saturated carbocycles. The molecule has 2 atom stereocenters. The van der Waals surface area contributed by atoms with E-state index in [4.69, 9.17) is 4.74 Å². The van der Waals surface area contributed by atoms with Gasteiger partial charge in [0.05, 0.1) is 19.4 Å². The van der Waals surface area contributed by atoms with Crippen LogP contribution in [0.2, 0.25) is 0 Å². The van der Waals surface area contributed by atoms with Crippen molar-refractivity contribution in [3.8, 4) is 0 Å². The van der Waals surface area contributed by atoms with Gasteiger partial charge in [-0.15, -0.1) is 0 Å². The van der Waals surface area contributed by atoms with E-state index in [1.54, 1.807) is 6.92 Å². The van der Waals surface area contributed by atoms with Gasteiger partial charge in [0, 0.05) is 6.07 Å². The van der Waals surface area contributed by atoms with E-state index in [2.05, 4.69) is 5.32 Å². The van der Waals surface area contributed by atoms with E-state index in [9.17, 15) is 28.3 Å². The smallest absolute Gasteiger partial charge is 0.326 e. The number of aliphatic carboxylic acids is 1. The van der Waals surface area contributed by atoms with Crippen molar-refractivity contribution >= 4 is 17.8 Å². The van der Waals surface area contributed by atoms with Crippen molar-refractivity contribution in [3.63, 3.8) is 0 Å². The van der Waals surface area contributed by atoms with E-state index in [-0.39, 0.29) is 18.6 Å². The summed E-state index contributed by atoms with van der Waals surface area (Å²) in [6.45, 7) is 3.27. The second-order valence-electron chi connectivity index (χ2n) is 5.28. The molecule has 1 aromatic carbocycles. The van der Waals surface area contributed by atoms with Crippen LogP contribution in [-0.4, -0.2) is 35.6 Å². The molecular formula is C16H19F2NO5. The molecule has 0 unspecified atom stereocenters. The summed E-state index contributed by atoms with van der Waals surface area (Å²) in [5.74, 6) is -5.03. The van der Waals surface area contributed by atoms with Crippen molar-refractivity contribution < 1.29 is 33.0 Å². The summed E-state index contributed by atoms with van der Waals surface area (Å²) in [6.07, 6.45) is -0.627. The lowest BCUT2D eigenvalue weighted by Crippen LogP contribution is -2.46. The van der Waals surface area contributed by atoms with Crippen LogP contribution in [0.1, 0.15) is 25.8 Å². The number of ether oxygens (including phenoxy) is 1. The number of nitrogens with one attached hydrogen (secondary N) is 1. The van der Waals surface area contributed by atoms with Crippen molar-refractivity contribution in [2.75, 3.05) is 6.61 Å². The Kier molecular flexibility index (Phi) is 7.29. The van der Waals surface area contributed by atoms with E-state index in [0.29, 0.717) is 6.07 Å². The molecule has 0 fully saturated rings. The number of carbonyl (C=O) groups is 3. The Labute approximate surface area is 137 Å². The van der Waals surface area contributed by atoms with Crippen LogP contribution in [0, 0.1) is 17.6 Å². The van der Waals surface area contributed by atoms with E-state index in [0.717, 1.165) is 12.1 Å². The number of halogens is 2. The molecule has 1 amide bonds. The van der Waals surface area contributed by atoms with Gasteiger partial charge in [-0.1, -0.05) is 13.0 Å². The molecule has 24 heavy (non-hydrogen) atoms. The average Bonchev–Trinajstić information content (AvgIpc) is 2.47. The van der Waals surface area contributed by atoms with Crippen molar-refractivity contribution in [2.24, 2.45) is 5.92 Å². The minimum Gasteiger partial charge on any atom is -0.480 e. The largest absolute Gasteiger partial charge is 0.480 e. The fourth-order valence-electron chi connectivity index (χ4n) is 2.11. The third kappa shape index (κ3) is 5.94. The predicted molar refractivity (Wildman–Crippen MR) is 80.0 cm³/mol. The summed E-state index contributed by atoms with van der Waals surface area (Å²) in [5, 5.41) is 11.4. The first-order chi connectivity index (χ1) is 11.2. The predicted octanol–water partition coefficient (Wildman–Crippen LogP) is 1.67. The normalized spacial score (nSPS) is 13.0. The molecule has 6 nitrogen and oxygen atoms in total. The van der Waals surface area contributed by atoms with Gasteiger partial charge in [-0.3, -0.25) is 9.59 Å². The minimum atomic E-state index is -1.33. The SMILES string of the molecule is CCOC(=O)C[C@@H](C)[C@H](NC(=O)Cc1ccc(F)cc1F)C(=O)O. The van der Waals surface area contributed by atoms with E-state index in [1.165, 1.54) is 6.92 Å². The third-order valence-corrected chi connectivity index (χ3v) is 3.31. The molecule has 1 aromatic rings. The van der Waals surface area contributed by atoms with Crippen LogP contribution >= 0.6 is 0 Å². The van der Waals surface area contributed by atoms with Gasteiger partial charge in [0.15, 0.2) is 0 Å². The Morgan fingerprint density at radius 2 is 1.96 bits per heavy atom. The maximum atomic E-state index is 13.5. The Morgan fingerprint density at radius 3 is 2.50 bits per heavy atom. The quantitative estimate of drug-likeness (QED) is 0.701. The van der Waals surface area contributed by atoms with E-state index >= 15 is 0 Å². The average molecular weight is 343 g/mol. The second kappa shape index (κ2) is 8.95. The van der Waals surface area contributed by atoms with Gasteiger partial charge in [0.1, 0.15) is 17.7 Å². The van der Waals surface area contributed by atoms with Crippen molar-refractivity contribution in [1.82, 2.24) is 5.32 Å².